The molecule has 0 aliphatic carbocycles. The number of aliphatic imine (C=N–C) groups is 1. The molecule has 0 unspecified atom stereocenters. The third kappa shape index (κ3) is 3.97. The van der Waals surface area contributed by atoms with Gasteiger partial charge in [-0.3, -0.25) is 0 Å². The van der Waals surface area contributed by atoms with Gasteiger partial charge in [-0.2, -0.15) is 0 Å². The summed E-state index contributed by atoms with van der Waals surface area (Å²) in [5, 5.41) is 2.97. The molecule has 0 aromatic heterocycles. The van der Waals surface area contributed by atoms with Crippen molar-refractivity contribution < 1.29 is 23.3 Å². The van der Waals surface area contributed by atoms with Crippen molar-refractivity contribution >= 4 is 11.6 Å². The normalized spacial score (nSPS) is 13.6. The summed E-state index contributed by atoms with van der Waals surface area (Å²) in [6.45, 7) is 0.615. The van der Waals surface area contributed by atoms with Gasteiger partial charge >= 0.3 is 0 Å². The van der Waals surface area contributed by atoms with Crippen molar-refractivity contribution in [3.63, 3.8) is 0 Å². The number of halogens is 1. The van der Waals surface area contributed by atoms with Crippen molar-refractivity contribution in [2.24, 2.45) is 10.7 Å². The number of methoxy groups -OCH3 is 2. The predicted molar refractivity (Wildman–Crippen MR) is 95.2 cm³/mol. The Kier molecular flexibility index (Phi) is 5.43. The van der Waals surface area contributed by atoms with E-state index in [0.717, 1.165) is 0 Å². The minimum Gasteiger partial charge on any atom is -0.493 e. The van der Waals surface area contributed by atoms with Gasteiger partial charge in [-0.25, -0.2) is 9.38 Å². The minimum atomic E-state index is -0.366. The number of nitrogens with one attached hydrogen (secondary N) is 1. The van der Waals surface area contributed by atoms with E-state index in [9.17, 15) is 4.39 Å². The van der Waals surface area contributed by atoms with Gasteiger partial charge in [0.2, 0.25) is 0 Å². The maximum atomic E-state index is 13.7. The highest BCUT2D eigenvalue weighted by molar-refractivity contribution is 5.92. The Morgan fingerprint density at radius 1 is 1.23 bits per heavy atom. The van der Waals surface area contributed by atoms with Crippen molar-refractivity contribution in [2.45, 2.75) is 13.2 Å². The Morgan fingerprint density at radius 3 is 2.81 bits per heavy atom. The van der Waals surface area contributed by atoms with Crippen LogP contribution in [0.15, 0.2) is 35.3 Å². The van der Waals surface area contributed by atoms with Gasteiger partial charge in [0.25, 0.3) is 0 Å². The largest absolute Gasteiger partial charge is 0.493 e. The lowest BCUT2D eigenvalue weighted by Crippen LogP contribution is -2.22. The first-order chi connectivity index (χ1) is 12.6. The van der Waals surface area contributed by atoms with Crippen LogP contribution in [0, 0.1) is 5.82 Å². The van der Waals surface area contributed by atoms with E-state index in [1.807, 2.05) is 0 Å². The zero-order valence-corrected chi connectivity index (χ0v) is 14.5. The first-order valence-corrected chi connectivity index (χ1v) is 7.91. The van der Waals surface area contributed by atoms with Crippen LogP contribution in [0.2, 0.25) is 0 Å². The van der Waals surface area contributed by atoms with Crippen LogP contribution in [0.3, 0.4) is 0 Å². The molecule has 8 heteroatoms. The second kappa shape index (κ2) is 7.92. The molecule has 0 fully saturated rings. The molecule has 0 bridgehead atoms. The number of hydrogen-bond acceptors (Lipinski definition) is 5. The minimum absolute atomic E-state index is 0.134. The van der Waals surface area contributed by atoms with Crippen molar-refractivity contribution in [3.8, 4) is 17.2 Å². The summed E-state index contributed by atoms with van der Waals surface area (Å²) in [6.07, 6.45) is 0. The molecule has 2 aromatic carbocycles. The van der Waals surface area contributed by atoms with Crippen molar-refractivity contribution in [3.05, 3.63) is 47.3 Å². The van der Waals surface area contributed by atoms with Crippen LogP contribution >= 0.6 is 0 Å². The van der Waals surface area contributed by atoms with E-state index in [4.69, 9.17) is 24.7 Å². The topological polar surface area (TPSA) is 87.3 Å². The average molecular weight is 361 g/mol. The van der Waals surface area contributed by atoms with E-state index in [1.165, 1.54) is 12.1 Å². The number of ether oxygens (including phenoxy) is 4. The monoisotopic (exact) mass is 361 g/mol. The van der Waals surface area contributed by atoms with Crippen molar-refractivity contribution in [1.29, 1.82) is 0 Å². The Hall–Kier alpha value is -3.00. The smallest absolute Gasteiger partial charge is 0.193 e. The number of anilines is 1. The molecule has 1 aliphatic heterocycles. The van der Waals surface area contributed by atoms with Gasteiger partial charge in [-0.1, -0.05) is 0 Å². The van der Waals surface area contributed by atoms with Gasteiger partial charge in [0.15, 0.2) is 24.3 Å². The summed E-state index contributed by atoms with van der Waals surface area (Å²) in [5.41, 5.74) is 7.90. The molecule has 3 N–H and O–H groups in total. The molecule has 3 rings (SSSR count). The second-order valence-electron chi connectivity index (χ2n) is 5.56. The van der Waals surface area contributed by atoms with Crippen LogP contribution in [0.1, 0.15) is 11.1 Å². The van der Waals surface area contributed by atoms with Crippen LogP contribution in [-0.4, -0.2) is 27.0 Å². The average Bonchev–Trinajstić information content (AvgIpc) is 2.65. The lowest BCUT2D eigenvalue weighted by molar-refractivity contribution is -0.0172. The summed E-state index contributed by atoms with van der Waals surface area (Å²) in [5.74, 6) is 1.59. The molecule has 138 valence electrons. The zero-order valence-electron chi connectivity index (χ0n) is 14.5. The maximum absolute atomic E-state index is 13.7. The van der Waals surface area contributed by atoms with E-state index < -0.39 is 0 Å². The standard InChI is InChI=1S/C18H20FN3O4/c1-23-15-4-3-14(7-16(15)24-2)22-18(20)21-8-11-5-13(19)6-12-9-25-10-26-17(11)12/h3-7H,8-10H2,1-2H3,(H3,20,21,22). The quantitative estimate of drug-likeness (QED) is 0.629. The fraction of sp³-hybridized carbons (Fsp3) is 0.278. The molecule has 0 atom stereocenters. The summed E-state index contributed by atoms with van der Waals surface area (Å²) >= 11 is 0. The number of fused-ring (bicyclic) bond motifs is 1. The molecule has 7 nitrogen and oxygen atoms in total. The number of benzene rings is 2. The maximum Gasteiger partial charge on any atom is 0.193 e. The highest BCUT2D eigenvalue weighted by atomic mass is 19.1. The van der Waals surface area contributed by atoms with E-state index in [2.05, 4.69) is 10.3 Å². The lowest BCUT2D eigenvalue weighted by Gasteiger charge is -2.20. The number of hydrogen-bond donors (Lipinski definition) is 2. The fourth-order valence-electron chi connectivity index (χ4n) is 2.65. The third-order valence-corrected chi connectivity index (χ3v) is 3.83. The van der Waals surface area contributed by atoms with Crippen LogP contribution in [-0.2, 0) is 17.9 Å². The van der Waals surface area contributed by atoms with Gasteiger partial charge in [0.05, 0.1) is 27.4 Å². The summed E-state index contributed by atoms with van der Waals surface area (Å²) in [7, 11) is 3.11. The van der Waals surface area contributed by atoms with E-state index >= 15 is 0 Å². The van der Waals surface area contributed by atoms with Crippen molar-refractivity contribution in [1.82, 2.24) is 0 Å². The lowest BCUT2D eigenvalue weighted by atomic mass is 10.1. The van der Waals surface area contributed by atoms with E-state index in [0.29, 0.717) is 40.7 Å². The molecule has 1 aliphatic rings. The Morgan fingerprint density at radius 2 is 2.04 bits per heavy atom. The van der Waals surface area contributed by atoms with E-state index in [1.54, 1.807) is 32.4 Å². The molecular weight excluding hydrogens is 341 g/mol. The first-order valence-electron chi connectivity index (χ1n) is 7.91. The molecule has 0 amide bonds. The Bertz CT molecular complexity index is 826. The van der Waals surface area contributed by atoms with Gasteiger partial charge in [-0.15, -0.1) is 0 Å². The van der Waals surface area contributed by atoms with Crippen LogP contribution < -0.4 is 25.3 Å². The number of guanidine groups is 1. The van der Waals surface area contributed by atoms with Gasteiger partial charge in [0, 0.05) is 22.9 Å². The number of nitrogens with two attached hydrogens (primary N) is 1. The highest BCUT2D eigenvalue weighted by Gasteiger charge is 2.16. The molecule has 0 radical (unpaired) electrons. The number of nitrogens with zero attached hydrogens (tertiary/aromatic N) is 1. The predicted octanol–water partition coefficient (Wildman–Crippen LogP) is 2.64. The molecule has 1 heterocycles. The summed E-state index contributed by atoms with van der Waals surface area (Å²) in [6, 6.07) is 8.06. The van der Waals surface area contributed by atoms with Gasteiger partial charge < -0.3 is 30.0 Å². The zero-order chi connectivity index (χ0) is 18.5. The molecule has 0 saturated heterocycles. The third-order valence-electron chi connectivity index (χ3n) is 3.83. The Labute approximate surface area is 150 Å². The van der Waals surface area contributed by atoms with Crippen LogP contribution in [0.5, 0.6) is 17.2 Å². The molecular formula is C18H20FN3O4. The summed E-state index contributed by atoms with van der Waals surface area (Å²) < 4.78 is 34.8. The Balaban J connectivity index is 1.74. The van der Waals surface area contributed by atoms with Crippen LogP contribution in [0.4, 0.5) is 10.1 Å². The molecule has 2 aromatic rings. The SMILES string of the molecule is COc1ccc(NC(N)=NCc2cc(F)cc3c2OCOC3)cc1OC. The van der Waals surface area contributed by atoms with Gasteiger partial charge in [-0.05, 0) is 24.3 Å². The summed E-state index contributed by atoms with van der Waals surface area (Å²) in [4.78, 5) is 4.26. The highest BCUT2D eigenvalue weighted by Crippen LogP contribution is 2.31. The van der Waals surface area contributed by atoms with Gasteiger partial charge in [0.1, 0.15) is 11.6 Å². The van der Waals surface area contributed by atoms with E-state index in [-0.39, 0.29) is 25.1 Å². The van der Waals surface area contributed by atoms with Crippen LogP contribution in [0.25, 0.3) is 0 Å². The first kappa shape index (κ1) is 17.8. The number of rotatable bonds is 5. The molecule has 0 spiro atoms. The van der Waals surface area contributed by atoms with Crippen molar-refractivity contribution in [2.75, 3.05) is 26.3 Å². The fourth-order valence-corrected chi connectivity index (χ4v) is 2.65. The second-order valence-corrected chi connectivity index (χ2v) is 5.56. The molecule has 0 saturated carbocycles. The molecule has 26 heavy (non-hydrogen) atoms.